The predicted octanol–water partition coefficient (Wildman–Crippen LogP) is 3.58. The van der Waals surface area contributed by atoms with Crippen molar-refractivity contribution in [3.05, 3.63) is 35.1 Å². The van der Waals surface area contributed by atoms with Crippen molar-refractivity contribution in [3.8, 4) is 0 Å². The van der Waals surface area contributed by atoms with E-state index in [1.807, 2.05) is 13.0 Å². The van der Waals surface area contributed by atoms with E-state index in [4.69, 9.17) is 5.73 Å². The number of nitrogens with two attached hydrogens (primary N) is 1. The van der Waals surface area contributed by atoms with Crippen LogP contribution in [0.25, 0.3) is 0 Å². The first-order valence-electron chi connectivity index (χ1n) is 6.38. The number of aryl methyl sites for hydroxylation is 1. The Hall–Kier alpha value is -0.890. The summed E-state index contributed by atoms with van der Waals surface area (Å²) in [6, 6.07) is 5.00. The summed E-state index contributed by atoms with van der Waals surface area (Å²) < 4.78 is 13.3. The zero-order chi connectivity index (χ0) is 12.7. The minimum Gasteiger partial charge on any atom is -0.324 e. The van der Waals surface area contributed by atoms with Gasteiger partial charge in [-0.1, -0.05) is 26.3 Å². The smallest absolute Gasteiger partial charge is 0.123 e. The lowest BCUT2D eigenvalue weighted by Gasteiger charge is -2.38. The van der Waals surface area contributed by atoms with Crippen molar-refractivity contribution in [2.45, 2.75) is 52.0 Å². The fourth-order valence-corrected chi connectivity index (χ4v) is 2.93. The summed E-state index contributed by atoms with van der Waals surface area (Å²) in [5.41, 5.74) is 8.72. The Kier molecular flexibility index (Phi) is 3.03. The van der Waals surface area contributed by atoms with Crippen LogP contribution in [0.1, 0.15) is 44.2 Å². The van der Waals surface area contributed by atoms with Crippen LogP contribution in [-0.2, 0) is 6.42 Å². The number of hydrogen-bond donors (Lipinski definition) is 1. The lowest BCUT2D eigenvalue weighted by molar-refractivity contribution is 0.206. The highest BCUT2D eigenvalue weighted by Gasteiger charge is 2.45. The zero-order valence-electron chi connectivity index (χ0n) is 11.0. The molecule has 1 fully saturated rings. The van der Waals surface area contributed by atoms with Crippen LogP contribution in [-0.4, -0.2) is 5.54 Å². The van der Waals surface area contributed by atoms with Crippen LogP contribution in [0.4, 0.5) is 4.39 Å². The molecule has 0 heterocycles. The molecule has 2 heteroatoms. The highest BCUT2D eigenvalue weighted by atomic mass is 19.1. The molecule has 0 saturated heterocycles. The first kappa shape index (κ1) is 12.6. The first-order chi connectivity index (χ1) is 7.84. The third-order valence-corrected chi connectivity index (χ3v) is 4.59. The molecular weight excluding hydrogens is 213 g/mol. The third kappa shape index (κ3) is 2.23. The molecule has 1 unspecified atom stereocenters. The SMILES string of the molecule is Cc1ccc(F)cc1CC1(N)CCCC1(C)C. The van der Waals surface area contributed by atoms with Crippen LogP contribution in [0.2, 0.25) is 0 Å². The van der Waals surface area contributed by atoms with Gasteiger partial charge in [0.05, 0.1) is 0 Å². The summed E-state index contributed by atoms with van der Waals surface area (Å²) in [4.78, 5) is 0. The Morgan fingerprint density at radius 1 is 1.29 bits per heavy atom. The summed E-state index contributed by atoms with van der Waals surface area (Å²) in [6.45, 7) is 6.49. The van der Waals surface area contributed by atoms with E-state index in [1.165, 1.54) is 12.5 Å². The second-order valence-electron chi connectivity index (χ2n) is 6.14. The zero-order valence-corrected chi connectivity index (χ0v) is 11.0. The molecule has 0 spiro atoms. The molecule has 0 aliphatic heterocycles. The standard InChI is InChI=1S/C15H22FN/c1-11-5-6-13(16)9-12(11)10-15(17)8-4-7-14(15,2)3/h5-6,9H,4,7-8,10,17H2,1-3H3. The van der Waals surface area contributed by atoms with Crippen molar-refractivity contribution >= 4 is 0 Å². The lowest BCUT2D eigenvalue weighted by atomic mass is 9.72. The van der Waals surface area contributed by atoms with E-state index < -0.39 is 0 Å². The van der Waals surface area contributed by atoms with Gasteiger partial charge in [-0.25, -0.2) is 4.39 Å². The van der Waals surface area contributed by atoms with Crippen LogP contribution in [0, 0.1) is 18.2 Å². The molecule has 0 bridgehead atoms. The molecule has 2 N–H and O–H groups in total. The molecule has 1 atom stereocenters. The molecule has 17 heavy (non-hydrogen) atoms. The molecule has 2 rings (SSSR count). The van der Waals surface area contributed by atoms with Crippen LogP contribution in [0.15, 0.2) is 18.2 Å². The van der Waals surface area contributed by atoms with Crippen molar-refractivity contribution in [2.75, 3.05) is 0 Å². The van der Waals surface area contributed by atoms with Gasteiger partial charge in [0, 0.05) is 5.54 Å². The molecule has 94 valence electrons. The van der Waals surface area contributed by atoms with Gasteiger partial charge in [-0.3, -0.25) is 0 Å². The Morgan fingerprint density at radius 2 is 2.00 bits per heavy atom. The minimum atomic E-state index is -0.189. The molecule has 0 amide bonds. The quantitative estimate of drug-likeness (QED) is 0.833. The van der Waals surface area contributed by atoms with E-state index in [1.54, 1.807) is 6.07 Å². The average molecular weight is 235 g/mol. The maximum absolute atomic E-state index is 13.3. The van der Waals surface area contributed by atoms with Crippen LogP contribution < -0.4 is 5.73 Å². The summed E-state index contributed by atoms with van der Waals surface area (Å²) >= 11 is 0. The highest BCUT2D eigenvalue weighted by molar-refractivity contribution is 5.29. The maximum atomic E-state index is 13.3. The third-order valence-electron chi connectivity index (χ3n) is 4.59. The molecule has 1 aromatic rings. The number of hydrogen-bond acceptors (Lipinski definition) is 1. The van der Waals surface area contributed by atoms with E-state index in [0.717, 1.165) is 30.4 Å². The Bertz CT molecular complexity index is 425. The van der Waals surface area contributed by atoms with E-state index in [0.29, 0.717) is 0 Å². The van der Waals surface area contributed by atoms with Crippen LogP contribution >= 0.6 is 0 Å². The van der Waals surface area contributed by atoms with Crippen molar-refractivity contribution in [1.29, 1.82) is 0 Å². The topological polar surface area (TPSA) is 26.0 Å². The molecule has 1 aromatic carbocycles. The normalized spacial score (nSPS) is 27.4. The van der Waals surface area contributed by atoms with Crippen molar-refractivity contribution in [1.82, 2.24) is 0 Å². The molecule has 0 radical (unpaired) electrons. The largest absolute Gasteiger partial charge is 0.324 e. The van der Waals surface area contributed by atoms with Gasteiger partial charge in [0.15, 0.2) is 0 Å². The fraction of sp³-hybridized carbons (Fsp3) is 0.600. The van der Waals surface area contributed by atoms with E-state index >= 15 is 0 Å². The van der Waals surface area contributed by atoms with Crippen LogP contribution in [0.5, 0.6) is 0 Å². The maximum Gasteiger partial charge on any atom is 0.123 e. The Morgan fingerprint density at radius 3 is 2.59 bits per heavy atom. The van der Waals surface area contributed by atoms with Gasteiger partial charge >= 0.3 is 0 Å². The molecule has 1 saturated carbocycles. The van der Waals surface area contributed by atoms with Gasteiger partial charge in [-0.2, -0.15) is 0 Å². The first-order valence-corrected chi connectivity index (χ1v) is 6.38. The predicted molar refractivity (Wildman–Crippen MR) is 69.4 cm³/mol. The Labute approximate surface area is 103 Å². The van der Waals surface area contributed by atoms with Crippen molar-refractivity contribution in [3.63, 3.8) is 0 Å². The van der Waals surface area contributed by atoms with Crippen LogP contribution in [0.3, 0.4) is 0 Å². The second kappa shape index (κ2) is 4.09. The monoisotopic (exact) mass is 235 g/mol. The summed E-state index contributed by atoms with van der Waals surface area (Å²) in [5.74, 6) is -0.162. The van der Waals surface area contributed by atoms with E-state index in [-0.39, 0.29) is 16.8 Å². The summed E-state index contributed by atoms with van der Waals surface area (Å²) in [5, 5.41) is 0. The van der Waals surface area contributed by atoms with Crippen molar-refractivity contribution < 1.29 is 4.39 Å². The van der Waals surface area contributed by atoms with E-state index in [2.05, 4.69) is 13.8 Å². The summed E-state index contributed by atoms with van der Waals surface area (Å²) in [7, 11) is 0. The Balaban J connectivity index is 2.29. The van der Waals surface area contributed by atoms with Gasteiger partial charge in [-0.15, -0.1) is 0 Å². The van der Waals surface area contributed by atoms with Gasteiger partial charge in [0.1, 0.15) is 5.82 Å². The minimum absolute atomic E-state index is 0.145. The molecule has 1 aliphatic rings. The number of halogens is 1. The van der Waals surface area contributed by atoms with Gasteiger partial charge in [0.25, 0.3) is 0 Å². The molecular formula is C15H22FN. The van der Waals surface area contributed by atoms with E-state index in [9.17, 15) is 4.39 Å². The van der Waals surface area contributed by atoms with Gasteiger partial charge in [-0.05, 0) is 54.9 Å². The van der Waals surface area contributed by atoms with Crippen molar-refractivity contribution in [2.24, 2.45) is 11.1 Å². The molecule has 1 aliphatic carbocycles. The molecule has 0 aromatic heterocycles. The number of rotatable bonds is 2. The fourth-order valence-electron chi connectivity index (χ4n) is 2.93. The highest BCUT2D eigenvalue weighted by Crippen LogP contribution is 2.46. The number of benzene rings is 1. The van der Waals surface area contributed by atoms with Gasteiger partial charge in [0.2, 0.25) is 0 Å². The summed E-state index contributed by atoms with van der Waals surface area (Å²) in [6.07, 6.45) is 4.16. The second-order valence-corrected chi connectivity index (χ2v) is 6.14. The average Bonchev–Trinajstić information content (AvgIpc) is 2.47. The van der Waals surface area contributed by atoms with Gasteiger partial charge < -0.3 is 5.73 Å². The lowest BCUT2D eigenvalue weighted by Crippen LogP contribution is -2.50. The molecule has 1 nitrogen and oxygen atoms in total.